The molecule has 0 bridgehead atoms. The van der Waals surface area contributed by atoms with Crippen LogP contribution in [-0.2, 0) is 4.74 Å². The van der Waals surface area contributed by atoms with Crippen LogP contribution in [0.1, 0.15) is 112 Å². The van der Waals surface area contributed by atoms with Crippen LogP contribution in [0.4, 0.5) is 13.2 Å². The minimum atomic E-state index is -4.27. The smallest absolute Gasteiger partial charge is 0.411 e. The number of hydrogen-bond donors (Lipinski definition) is 0. The van der Waals surface area contributed by atoms with E-state index in [4.69, 9.17) is 4.74 Å². The fraction of sp³-hybridized carbons (Fsp3) is 0.743. The number of rotatable bonds is 19. The van der Waals surface area contributed by atoms with E-state index < -0.39 is 18.1 Å². The zero-order valence-electron chi connectivity index (χ0n) is 26.7. The molecule has 6 heteroatoms. The Morgan fingerprint density at radius 2 is 1.83 bits per heavy atom. The zero-order chi connectivity index (χ0) is 30.6. The van der Waals surface area contributed by atoms with Gasteiger partial charge < -0.3 is 4.74 Å². The number of halogens is 3. The summed E-state index contributed by atoms with van der Waals surface area (Å²) in [5.41, 5.74) is 3.00. The zero-order valence-corrected chi connectivity index (χ0v) is 26.7. The van der Waals surface area contributed by atoms with Crippen molar-refractivity contribution >= 4 is 5.71 Å². The van der Waals surface area contributed by atoms with Gasteiger partial charge in [-0.3, -0.25) is 5.01 Å². The molecular weight excluding hydrogens is 521 g/mol. The van der Waals surface area contributed by atoms with Crippen molar-refractivity contribution in [3.8, 4) is 0 Å². The number of unbranched alkanes of at least 4 members (excludes halogenated alkanes) is 2. The summed E-state index contributed by atoms with van der Waals surface area (Å²) in [6.45, 7) is 19.3. The van der Waals surface area contributed by atoms with Crippen molar-refractivity contribution in [2.75, 3.05) is 13.7 Å². The van der Waals surface area contributed by atoms with Crippen molar-refractivity contribution in [2.45, 2.75) is 124 Å². The Labute approximate surface area is 249 Å². The van der Waals surface area contributed by atoms with Crippen molar-refractivity contribution in [3.63, 3.8) is 0 Å². The molecule has 1 saturated carbocycles. The van der Waals surface area contributed by atoms with Gasteiger partial charge in [0.05, 0.1) is 13.7 Å². The normalized spacial score (nSPS) is 23.7. The fourth-order valence-electron chi connectivity index (χ4n) is 6.85. The van der Waals surface area contributed by atoms with Gasteiger partial charge in [-0.15, -0.1) is 0 Å². The van der Waals surface area contributed by atoms with Gasteiger partial charge in [-0.25, -0.2) is 0 Å². The molecule has 6 atom stereocenters. The van der Waals surface area contributed by atoms with Gasteiger partial charge >= 0.3 is 6.18 Å². The Morgan fingerprint density at radius 1 is 1.12 bits per heavy atom. The van der Waals surface area contributed by atoms with Crippen molar-refractivity contribution in [1.82, 2.24) is 5.01 Å². The lowest BCUT2D eigenvalue weighted by molar-refractivity contribution is -0.186. The molecule has 1 aliphatic heterocycles. The predicted molar refractivity (Wildman–Crippen MR) is 168 cm³/mol. The topological polar surface area (TPSA) is 24.8 Å². The largest absolute Gasteiger partial charge is 0.497 e. The molecule has 2 aliphatic rings. The summed E-state index contributed by atoms with van der Waals surface area (Å²) in [6, 6.07) is -1.49. The van der Waals surface area contributed by atoms with E-state index >= 15 is 0 Å². The van der Waals surface area contributed by atoms with E-state index in [2.05, 4.69) is 46.0 Å². The quantitative estimate of drug-likeness (QED) is 0.0659. The Balaban J connectivity index is 1.99. The standard InChI is InChI=1S/C35H57F3N2O/c1-9-13-18-29(27(7)23-31(26(6)11-3)32(41-8)20-14-10-2)19-16-15-17-25(5)24-40-34(35(36,37)38)30-22-21-28(12-4)33(30)39-40/h10,14,20,26-30,34H,2,5,9,11-13,15-19,21-24H2,1,3-4,6-8H3/b20-14-,32-31-/t26?,27?,28-,29?,30?,34?/m1/s1. The molecule has 0 N–H and O–H groups in total. The summed E-state index contributed by atoms with van der Waals surface area (Å²) in [4.78, 5) is 0. The molecule has 3 nitrogen and oxygen atoms in total. The number of nitrogens with zero attached hydrogens (tertiary/aromatic N) is 2. The Hall–Kier alpha value is -1.98. The summed E-state index contributed by atoms with van der Waals surface area (Å²) < 4.78 is 47.9. The van der Waals surface area contributed by atoms with Crippen LogP contribution in [-0.4, -0.2) is 36.6 Å². The number of methoxy groups -OCH3 is 1. The van der Waals surface area contributed by atoms with Crippen molar-refractivity contribution in [3.05, 3.63) is 48.3 Å². The third kappa shape index (κ3) is 10.1. The van der Waals surface area contributed by atoms with Gasteiger partial charge in [-0.05, 0) is 80.3 Å². The Morgan fingerprint density at radius 3 is 2.41 bits per heavy atom. The van der Waals surface area contributed by atoms with Gasteiger partial charge in [0.2, 0.25) is 0 Å². The van der Waals surface area contributed by atoms with Gasteiger partial charge in [-0.1, -0.05) is 97.6 Å². The lowest BCUT2D eigenvalue weighted by Gasteiger charge is -2.30. The molecule has 41 heavy (non-hydrogen) atoms. The molecule has 1 aliphatic carbocycles. The van der Waals surface area contributed by atoms with E-state index in [9.17, 15) is 13.2 Å². The number of alkyl halides is 3. The molecule has 234 valence electrons. The van der Waals surface area contributed by atoms with E-state index in [1.807, 2.05) is 19.1 Å². The van der Waals surface area contributed by atoms with E-state index in [-0.39, 0.29) is 12.5 Å². The maximum Gasteiger partial charge on any atom is 0.411 e. The predicted octanol–water partition coefficient (Wildman–Crippen LogP) is 10.7. The number of allylic oxidation sites excluding steroid dienone is 4. The van der Waals surface area contributed by atoms with Gasteiger partial charge in [0.25, 0.3) is 0 Å². The summed E-state index contributed by atoms with van der Waals surface area (Å²) in [7, 11) is 1.75. The highest BCUT2D eigenvalue weighted by Crippen LogP contribution is 2.45. The number of hydrazone groups is 1. The summed E-state index contributed by atoms with van der Waals surface area (Å²) in [6.07, 6.45) is 13.3. The van der Waals surface area contributed by atoms with E-state index in [1.165, 1.54) is 29.8 Å². The second-order valence-electron chi connectivity index (χ2n) is 12.5. The second kappa shape index (κ2) is 17.2. The van der Waals surface area contributed by atoms with Crippen LogP contribution in [0.25, 0.3) is 0 Å². The van der Waals surface area contributed by atoms with Crippen molar-refractivity contribution in [1.29, 1.82) is 0 Å². The van der Waals surface area contributed by atoms with Gasteiger partial charge in [-0.2, -0.15) is 18.3 Å². The average molecular weight is 579 g/mol. The Bertz CT molecular complexity index is 919. The van der Waals surface area contributed by atoms with Crippen LogP contribution >= 0.6 is 0 Å². The number of hydrogen-bond acceptors (Lipinski definition) is 3. The first-order valence-corrected chi connectivity index (χ1v) is 16.2. The molecule has 5 unspecified atom stereocenters. The summed E-state index contributed by atoms with van der Waals surface area (Å²) in [5.74, 6) is 2.24. The first-order chi connectivity index (χ1) is 19.5. The third-order valence-electron chi connectivity index (χ3n) is 9.54. The lowest BCUT2D eigenvalue weighted by Crippen LogP contribution is -2.45. The molecule has 0 aromatic rings. The number of fused-ring (bicyclic) bond motifs is 1. The molecule has 0 aromatic carbocycles. The molecule has 0 spiro atoms. The van der Waals surface area contributed by atoms with Crippen LogP contribution in [0.5, 0.6) is 0 Å². The molecule has 0 radical (unpaired) electrons. The van der Waals surface area contributed by atoms with E-state index in [0.29, 0.717) is 24.2 Å². The molecule has 0 saturated heterocycles. The maximum absolute atomic E-state index is 14.0. The van der Waals surface area contributed by atoms with Crippen LogP contribution in [0.15, 0.2) is 53.4 Å². The van der Waals surface area contributed by atoms with Crippen LogP contribution in [0.3, 0.4) is 0 Å². The first kappa shape index (κ1) is 35.2. The maximum atomic E-state index is 14.0. The second-order valence-corrected chi connectivity index (χ2v) is 12.5. The van der Waals surface area contributed by atoms with Gasteiger partial charge in [0.15, 0.2) is 6.04 Å². The minimum Gasteiger partial charge on any atom is -0.497 e. The first-order valence-electron chi connectivity index (χ1n) is 16.2. The van der Waals surface area contributed by atoms with Gasteiger partial charge in [0.1, 0.15) is 5.76 Å². The molecule has 1 heterocycles. The molecule has 1 fully saturated rings. The van der Waals surface area contributed by atoms with Crippen molar-refractivity contribution < 1.29 is 17.9 Å². The van der Waals surface area contributed by atoms with E-state index in [1.54, 1.807) is 13.2 Å². The molecule has 0 aromatic heterocycles. The fourth-order valence-corrected chi connectivity index (χ4v) is 6.85. The molecule has 0 amide bonds. The van der Waals surface area contributed by atoms with Crippen molar-refractivity contribution in [2.24, 2.45) is 34.7 Å². The van der Waals surface area contributed by atoms with Gasteiger partial charge in [0, 0.05) is 11.6 Å². The SMILES string of the molecule is C=C/C=C\C(OC)=C(/CC(C)C(CCCC)CCCCC(=C)CN1N=C2C(CC[C@H]2CC)C1C(F)(F)F)C(C)CC. The van der Waals surface area contributed by atoms with Crippen LogP contribution in [0.2, 0.25) is 0 Å². The van der Waals surface area contributed by atoms with Crippen LogP contribution < -0.4 is 0 Å². The Kier molecular flexibility index (Phi) is 14.8. The summed E-state index contributed by atoms with van der Waals surface area (Å²) >= 11 is 0. The lowest BCUT2D eigenvalue weighted by atomic mass is 9.78. The molecular formula is C35H57F3N2O. The van der Waals surface area contributed by atoms with E-state index in [0.717, 1.165) is 68.4 Å². The monoisotopic (exact) mass is 578 g/mol. The highest BCUT2D eigenvalue weighted by atomic mass is 19.4. The number of ether oxygens (including phenoxy) is 1. The highest BCUT2D eigenvalue weighted by molar-refractivity contribution is 5.92. The van der Waals surface area contributed by atoms with Crippen LogP contribution in [0, 0.1) is 29.6 Å². The third-order valence-corrected chi connectivity index (χ3v) is 9.54. The molecule has 2 rings (SSSR count). The highest BCUT2D eigenvalue weighted by Gasteiger charge is 2.56. The summed E-state index contributed by atoms with van der Waals surface area (Å²) in [5, 5.41) is 5.85. The minimum absolute atomic E-state index is 0.193. The average Bonchev–Trinajstić information content (AvgIpc) is 3.49.